The molecule has 1 N–H and O–H groups in total. The third kappa shape index (κ3) is 4.46. The summed E-state index contributed by atoms with van der Waals surface area (Å²) < 4.78 is 0. The molecule has 0 fully saturated rings. The molecule has 0 aromatic heterocycles. The molecule has 1 aromatic carbocycles. The number of carbonyl (C=O) groups excluding carboxylic acids is 1. The van der Waals surface area contributed by atoms with Gasteiger partial charge in [-0.05, 0) is 31.9 Å². The maximum atomic E-state index is 11.6. The summed E-state index contributed by atoms with van der Waals surface area (Å²) >= 11 is 1.63. The van der Waals surface area contributed by atoms with Gasteiger partial charge in [0.05, 0.1) is 11.8 Å². The lowest BCUT2D eigenvalue weighted by molar-refractivity contribution is -0.120. The number of terminal acetylenes is 1. The Morgan fingerprint density at radius 1 is 1.50 bits per heavy atom. The van der Waals surface area contributed by atoms with Crippen molar-refractivity contribution in [2.45, 2.75) is 31.8 Å². The minimum absolute atomic E-state index is 0.00301. The molecule has 18 heavy (non-hydrogen) atoms. The molecule has 3 heteroatoms. The van der Waals surface area contributed by atoms with Gasteiger partial charge in [-0.2, -0.15) is 0 Å². The zero-order chi connectivity index (χ0) is 13.5. The highest BCUT2D eigenvalue weighted by molar-refractivity contribution is 7.99. The Morgan fingerprint density at radius 2 is 2.22 bits per heavy atom. The molecule has 1 aromatic rings. The fourth-order valence-corrected chi connectivity index (χ4v) is 2.50. The van der Waals surface area contributed by atoms with Gasteiger partial charge in [0.25, 0.3) is 0 Å². The van der Waals surface area contributed by atoms with Gasteiger partial charge in [0.2, 0.25) is 5.91 Å². The van der Waals surface area contributed by atoms with Crippen LogP contribution in [0.2, 0.25) is 0 Å². The van der Waals surface area contributed by atoms with Crippen molar-refractivity contribution in [3.05, 3.63) is 34.9 Å². The molecule has 0 spiro atoms. The summed E-state index contributed by atoms with van der Waals surface area (Å²) in [6.45, 7) is 6.38. The highest BCUT2D eigenvalue weighted by atomic mass is 32.2. The highest BCUT2D eigenvalue weighted by Gasteiger charge is 2.12. The van der Waals surface area contributed by atoms with E-state index in [0.29, 0.717) is 6.54 Å². The number of rotatable bonds is 5. The molecule has 0 saturated carbocycles. The van der Waals surface area contributed by atoms with E-state index in [1.54, 1.807) is 11.8 Å². The van der Waals surface area contributed by atoms with E-state index in [0.717, 1.165) is 5.75 Å². The second-order valence-electron chi connectivity index (χ2n) is 4.31. The second-order valence-corrected chi connectivity index (χ2v) is 5.63. The van der Waals surface area contributed by atoms with E-state index in [1.807, 2.05) is 6.92 Å². The Kier molecular flexibility index (Phi) is 5.80. The lowest BCUT2D eigenvalue weighted by Crippen LogP contribution is -2.31. The molecule has 1 amide bonds. The van der Waals surface area contributed by atoms with Gasteiger partial charge in [-0.1, -0.05) is 29.7 Å². The van der Waals surface area contributed by atoms with Crippen LogP contribution in [0, 0.1) is 26.2 Å². The second kappa shape index (κ2) is 7.13. The number of amides is 1. The average Bonchev–Trinajstić information content (AvgIpc) is 2.36. The summed E-state index contributed by atoms with van der Waals surface area (Å²) in [5.41, 5.74) is 3.81. The summed E-state index contributed by atoms with van der Waals surface area (Å²) in [4.78, 5) is 11.6. The standard InChI is InChI=1S/C15H19NOS/c1-5-8-16-15(17)13(4)18-10-14-9-11(2)6-7-12(14)3/h1,6-7,9,13H,8,10H2,2-4H3,(H,16,17). The molecule has 1 rings (SSSR count). The average molecular weight is 261 g/mol. The number of nitrogens with one attached hydrogen (secondary N) is 1. The van der Waals surface area contributed by atoms with E-state index in [2.05, 4.69) is 43.3 Å². The maximum Gasteiger partial charge on any atom is 0.233 e. The van der Waals surface area contributed by atoms with Crippen molar-refractivity contribution in [3.63, 3.8) is 0 Å². The number of aryl methyl sites for hydroxylation is 2. The van der Waals surface area contributed by atoms with Crippen LogP contribution in [0.3, 0.4) is 0 Å². The van der Waals surface area contributed by atoms with Gasteiger partial charge in [0, 0.05) is 5.75 Å². The van der Waals surface area contributed by atoms with Gasteiger partial charge in [-0.25, -0.2) is 0 Å². The van der Waals surface area contributed by atoms with Crippen LogP contribution in [0.15, 0.2) is 18.2 Å². The molecule has 1 unspecified atom stereocenters. The van der Waals surface area contributed by atoms with Gasteiger partial charge >= 0.3 is 0 Å². The molecule has 0 heterocycles. The van der Waals surface area contributed by atoms with Crippen molar-refractivity contribution in [3.8, 4) is 12.3 Å². The molecule has 0 aliphatic carbocycles. The first-order valence-electron chi connectivity index (χ1n) is 5.93. The molecule has 0 saturated heterocycles. The van der Waals surface area contributed by atoms with E-state index < -0.39 is 0 Å². The van der Waals surface area contributed by atoms with Gasteiger partial charge in [-0.3, -0.25) is 4.79 Å². The van der Waals surface area contributed by atoms with Crippen molar-refractivity contribution in [2.24, 2.45) is 0 Å². The lowest BCUT2D eigenvalue weighted by Gasteiger charge is -2.12. The largest absolute Gasteiger partial charge is 0.344 e. The van der Waals surface area contributed by atoms with Crippen LogP contribution in [-0.4, -0.2) is 17.7 Å². The fraction of sp³-hybridized carbons (Fsp3) is 0.400. The highest BCUT2D eigenvalue weighted by Crippen LogP contribution is 2.21. The van der Waals surface area contributed by atoms with Crippen molar-refractivity contribution in [1.29, 1.82) is 0 Å². The SMILES string of the molecule is C#CCNC(=O)C(C)SCc1cc(C)ccc1C. The number of hydrogen-bond donors (Lipinski definition) is 1. The molecule has 2 nitrogen and oxygen atoms in total. The zero-order valence-electron chi connectivity index (χ0n) is 11.1. The Labute approximate surface area is 114 Å². The fourth-order valence-electron chi connectivity index (χ4n) is 1.53. The molecule has 0 aliphatic heterocycles. The van der Waals surface area contributed by atoms with E-state index in [4.69, 9.17) is 6.42 Å². The topological polar surface area (TPSA) is 29.1 Å². The van der Waals surface area contributed by atoms with E-state index in [1.165, 1.54) is 16.7 Å². The van der Waals surface area contributed by atoms with E-state index in [-0.39, 0.29) is 11.2 Å². The van der Waals surface area contributed by atoms with Crippen LogP contribution in [-0.2, 0) is 10.5 Å². The smallest absolute Gasteiger partial charge is 0.233 e. The normalized spacial score (nSPS) is 11.7. The van der Waals surface area contributed by atoms with Gasteiger partial charge in [-0.15, -0.1) is 18.2 Å². The minimum atomic E-state index is -0.0849. The molecule has 0 radical (unpaired) electrons. The molecule has 1 atom stereocenters. The van der Waals surface area contributed by atoms with Gasteiger partial charge in [0.15, 0.2) is 0 Å². The summed E-state index contributed by atoms with van der Waals surface area (Å²) in [6.07, 6.45) is 5.11. The van der Waals surface area contributed by atoms with Crippen LogP contribution in [0.4, 0.5) is 0 Å². The predicted molar refractivity (Wildman–Crippen MR) is 78.5 cm³/mol. The Bertz CT molecular complexity index is 462. The Hall–Kier alpha value is -1.40. The van der Waals surface area contributed by atoms with Crippen LogP contribution >= 0.6 is 11.8 Å². The summed E-state index contributed by atoms with van der Waals surface area (Å²) in [7, 11) is 0. The molecule has 96 valence electrons. The van der Waals surface area contributed by atoms with Crippen LogP contribution < -0.4 is 5.32 Å². The molecule has 0 bridgehead atoms. The maximum absolute atomic E-state index is 11.6. The third-order valence-electron chi connectivity index (χ3n) is 2.73. The quantitative estimate of drug-likeness (QED) is 0.826. The zero-order valence-corrected chi connectivity index (χ0v) is 11.9. The van der Waals surface area contributed by atoms with Gasteiger partial charge in [0.1, 0.15) is 0 Å². The minimum Gasteiger partial charge on any atom is -0.344 e. The first-order valence-corrected chi connectivity index (χ1v) is 6.98. The summed E-state index contributed by atoms with van der Waals surface area (Å²) in [5, 5.41) is 2.61. The number of carbonyl (C=O) groups is 1. The van der Waals surface area contributed by atoms with Crippen molar-refractivity contribution >= 4 is 17.7 Å². The van der Waals surface area contributed by atoms with Crippen molar-refractivity contribution < 1.29 is 4.79 Å². The van der Waals surface area contributed by atoms with Gasteiger partial charge < -0.3 is 5.32 Å². The van der Waals surface area contributed by atoms with Crippen molar-refractivity contribution in [2.75, 3.05) is 6.54 Å². The number of hydrogen-bond acceptors (Lipinski definition) is 2. The molecule has 0 aliphatic rings. The number of benzene rings is 1. The van der Waals surface area contributed by atoms with Crippen molar-refractivity contribution in [1.82, 2.24) is 5.32 Å². The van der Waals surface area contributed by atoms with Crippen LogP contribution in [0.25, 0.3) is 0 Å². The number of thioether (sulfide) groups is 1. The molecular formula is C15H19NOS. The summed E-state index contributed by atoms with van der Waals surface area (Å²) in [6, 6.07) is 6.40. The Balaban J connectivity index is 2.52. The van der Waals surface area contributed by atoms with E-state index in [9.17, 15) is 4.79 Å². The monoisotopic (exact) mass is 261 g/mol. The van der Waals surface area contributed by atoms with Crippen LogP contribution in [0.1, 0.15) is 23.6 Å². The first kappa shape index (κ1) is 14.7. The Morgan fingerprint density at radius 3 is 2.89 bits per heavy atom. The first-order chi connectivity index (χ1) is 8.54. The predicted octanol–water partition coefficient (Wildman–Crippen LogP) is 2.67. The summed E-state index contributed by atoms with van der Waals surface area (Å²) in [5.74, 6) is 3.25. The van der Waals surface area contributed by atoms with Crippen LogP contribution in [0.5, 0.6) is 0 Å². The lowest BCUT2D eigenvalue weighted by atomic mass is 10.1. The van der Waals surface area contributed by atoms with E-state index >= 15 is 0 Å². The third-order valence-corrected chi connectivity index (χ3v) is 3.92. The molecular weight excluding hydrogens is 242 g/mol.